The Labute approximate surface area is 131 Å². The van der Waals surface area contributed by atoms with Crippen molar-refractivity contribution >= 4 is 37.4 Å². The molecule has 20 heavy (non-hydrogen) atoms. The third kappa shape index (κ3) is 2.30. The van der Waals surface area contributed by atoms with Crippen LogP contribution in [-0.2, 0) is 0 Å². The first-order valence-corrected chi connectivity index (χ1v) is 8.16. The Morgan fingerprint density at radius 3 is 2.50 bits per heavy atom. The van der Waals surface area contributed by atoms with E-state index in [4.69, 9.17) is 0 Å². The Kier molecular flexibility index (Phi) is 3.67. The van der Waals surface area contributed by atoms with Gasteiger partial charge in [-0.3, -0.25) is 0 Å². The van der Waals surface area contributed by atoms with Gasteiger partial charge >= 0.3 is 0 Å². The van der Waals surface area contributed by atoms with Crippen LogP contribution in [0.5, 0.6) is 0 Å². The van der Waals surface area contributed by atoms with Crippen molar-refractivity contribution < 1.29 is 5.11 Å². The van der Waals surface area contributed by atoms with E-state index in [0.717, 1.165) is 26.7 Å². The minimum absolute atomic E-state index is 0.581. The molecule has 1 unspecified atom stereocenters. The van der Waals surface area contributed by atoms with Crippen molar-refractivity contribution in [3.05, 3.63) is 68.5 Å². The van der Waals surface area contributed by atoms with Crippen LogP contribution in [0.25, 0.3) is 10.1 Å². The van der Waals surface area contributed by atoms with Crippen molar-refractivity contribution in [3.63, 3.8) is 0 Å². The molecule has 1 N–H and O–H groups in total. The fraction of sp³-hybridized carbons (Fsp3) is 0.176. The second-order valence-corrected chi connectivity index (χ2v) is 6.77. The van der Waals surface area contributed by atoms with Crippen LogP contribution in [0.15, 0.2) is 46.3 Å². The van der Waals surface area contributed by atoms with E-state index in [1.807, 2.05) is 24.3 Å². The number of halogens is 1. The lowest BCUT2D eigenvalue weighted by Gasteiger charge is -2.15. The molecule has 0 spiro atoms. The maximum Gasteiger partial charge on any atom is 0.105 e. The van der Waals surface area contributed by atoms with Crippen LogP contribution in [0.4, 0.5) is 0 Å². The number of aryl methyl sites for hydroxylation is 2. The summed E-state index contributed by atoms with van der Waals surface area (Å²) in [4.78, 5) is 0. The first-order chi connectivity index (χ1) is 9.58. The fourth-order valence-corrected chi connectivity index (χ4v) is 3.72. The number of benzene rings is 2. The summed E-state index contributed by atoms with van der Waals surface area (Å²) < 4.78 is 2.28. The predicted octanol–water partition coefficient (Wildman–Crippen LogP) is 5.36. The van der Waals surface area contributed by atoms with Crippen molar-refractivity contribution in [1.29, 1.82) is 0 Å². The molecule has 3 aromatic rings. The minimum Gasteiger partial charge on any atom is -0.384 e. The molecule has 3 heteroatoms. The van der Waals surface area contributed by atoms with Crippen LogP contribution in [0.1, 0.15) is 28.4 Å². The second-order valence-electron chi connectivity index (χ2n) is 5.06. The van der Waals surface area contributed by atoms with Crippen LogP contribution in [0.2, 0.25) is 0 Å². The van der Waals surface area contributed by atoms with Crippen LogP contribution in [-0.4, -0.2) is 5.11 Å². The maximum absolute atomic E-state index is 10.7. The smallest absolute Gasteiger partial charge is 0.105 e. The Hall–Kier alpha value is -1.16. The van der Waals surface area contributed by atoms with Crippen molar-refractivity contribution in [1.82, 2.24) is 0 Å². The summed E-state index contributed by atoms with van der Waals surface area (Å²) in [7, 11) is 0. The van der Waals surface area contributed by atoms with Gasteiger partial charge in [0.2, 0.25) is 0 Å². The molecule has 3 rings (SSSR count). The van der Waals surface area contributed by atoms with E-state index in [2.05, 4.69) is 47.3 Å². The third-order valence-corrected chi connectivity index (χ3v) is 5.81. The van der Waals surface area contributed by atoms with Crippen LogP contribution < -0.4 is 0 Å². The fourth-order valence-electron chi connectivity index (χ4n) is 2.55. The van der Waals surface area contributed by atoms with Gasteiger partial charge in [-0.25, -0.2) is 0 Å². The molecule has 0 bridgehead atoms. The molecule has 1 atom stereocenters. The first kappa shape index (κ1) is 13.8. The average molecular weight is 347 g/mol. The summed E-state index contributed by atoms with van der Waals surface area (Å²) in [5, 5.41) is 14.0. The van der Waals surface area contributed by atoms with Crippen molar-refractivity contribution in [2.75, 3.05) is 0 Å². The summed E-state index contributed by atoms with van der Waals surface area (Å²) in [5.41, 5.74) is 4.23. The summed E-state index contributed by atoms with van der Waals surface area (Å²) in [5.74, 6) is 0. The second kappa shape index (κ2) is 5.32. The molecule has 0 aliphatic rings. The number of hydrogen-bond acceptors (Lipinski definition) is 2. The molecule has 0 saturated heterocycles. The Balaban J connectivity index is 2.13. The first-order valence-electron chi connectivity index (χ1n) is 6.49. The standard InChI is InChI=1S/C17H15BrOS/c1-10-8-13(9-11(2)15(10)18)16(19)14-5-3-4-12-6-7-20-17(12)14/h3-9,16,19H,1-2H3. The quantitative estimate of drug-likeness (QED) is 0.661. The van der Waals surface area contributed by atoms with Gasteiger partial charge in [-0.05, 0) is 47.4 Å². The highest BCUT2D eigenvalue weighted by molar-refractivity contribution is 9.10. The highest BCUT2D eigenvalue weighted by Crippen LogP contribution is 2.34. The number of aliphatic hydroxyl groups is 1. The molecular formula is C17H15BrOS. The van der Waals surface area contributed by atoms with Gasteiger partial charge in [0, 0.05) is 14.7 Å². The normalized spacial score (nSPS) is 12.8. The molecule has 1 aromatic heterocycles. The number of thiophene rings is 1. The SMILES string of the molecule is Cc1cc(C(O)c2cccc3ccsc23)cc(C)c1Br. The molecule has 0 saturated carbocycles. The molecule has 1 heterocycles. The summed E-state index contributed by atoms with van der Waals surface area (Å²) in [6, 6.07) is 12.3. The van der Waals surface area contributed by atoms with Gasteiger partial charge in [-0.2, -0.15) is 0 Å². The lowest BCUT2D eigenvalue weighted by molar-refractivity contribution is 0.222. The van der Waals surface area contributed by atoms with Crippen molar-refractivity contribution in [2.45, 2.75) is 20.0 Å². The maximum atomic E-state index is 10.7. The molecule has 0 amide bonds. The molecule has 102 valence electrons. The van der Waals surface area contributed by atoms with Gasteiger partial charge in [0.05, 0.1) is 0 Å². The van der Waals surface area contributed by atoms with E-state index in [0.29, 0.717) is 0 Å². The van der Waals surface area contributed by atoms with Crippen molar-refractivity contribution in [3.8, 4) is 0 Å². The highest BCUT2D eigenvalue weighted by atomic mass is 79.9. The lowest BCUT2D eigenvalue weighted by atomic mass is 9.97. The van der Waals surface area contributed by atoms with Gasteiger partial charge in [-0.15, -0.1) is 11.3 Å². The molecule has 0 fully saturated rings. The topological polar surface area (TPSA) is 20.2 Å². The van der Waals surface area contributed by atoms with E-state index in [9.17, 15) is 5.11 Å². The van der Waals surface area contributed by atoms with Gasteiger partial charge in [0.1, 0.15) is 6.10 Å². The van der Waals surface area contributed by atoms with E-state index in [1.54, 1.807) is 11.3 Å². The zero-order valence-corrected chi connectivity index (χ0v) is 13.8. The van der Waals surface area contributed by atoms with Gasteiger partial charge in [-0.1, -0.05) is 46.3 Å². The third-order valence-electron chi connectivity index (χ3n) is 3.58. The van der Waals surface area contributed by atoms with Crippen LogP contribution in [0, 0.1) is 13.8 Å². The zero-order valence-electron chi connectivity index (χ0n) is 11.4. The molecule has 2 aromatic carbocycles. The van der Waals surface area contributed by atoms with Gasteiger partial charge in [0.25, 0.3) is 0 Å². The monoisotopic (exact) mass is 346 g/mol. The van der Waals surface area contributed by atoms with Crippen LogP contribution >= 0.6 is 27.3 Å². The summed E-state index contributed by atoms with van der Waals surface area (Å²) in [6.45, 7) is 4.11. The summed E-state index contributed by atoms with van der Waals surface area (Å²) >= 11 is 5.25. The number of fused-ring (bicyclic) bond motifs is 1. The molecule has 0 aliphatic carbocycles. The molecule has 0 aliphatic heterocycles. The molecule has 1 nitrogen and oxygen atoms in total. The van der Waals surface area contributed by atoms with E-state index in [1.165, 1.54) is 10.1 Å². The number of rotatable bonds is 2. The van der Waals surface area contributed by atoms with E-state index >= 15 is 0 Å². The largest absolute Gasteiger partial charge is 0.384 e. The molecular weight excluding hydrogens is 332 g/mol. The minimum atomic E-state index is -0.581. The van der Waals surface area contributed by atoms with E-state index in [-0.39, 0.29) is 0 Å². The Morgan fingerprint density at radius 2 is 1.80 bits per heavy atom. The van der Waals surface area contributed by atoms with Gasteiger partial charge < -0.3 is 5.11 Å². The van der Waals surface area contributed by atoms with Crippen molar-refractivity contribution in [2.24, 2.45) is 0 Å². The van der Waals surface area contributed by atoms with E-state index < -0.39 is 6.10 Å². The molecule has 0 radical (unpaired) electrons. The number of aliphatic hydroxyl groups excluding tert-OH is 1. The van der Waals surface area contributed by atoms with Crippen LogP contribution in [0.3, 0.4) is 0 Å². The average Bonchev–Trinajstić information content (AvgIpc) is 2.91. The predicted molar refractivity (Wildman–Crippen MR) is 89.5 cm³/mol. The Bertz CT molecular complexity index is 753. The lowest BCUT2D eigenvalue weighted by Crippen LogP contribution is -2.01. The summed E-state index contributed by atoms with van der Waals surface area (Å²) in [6.07, 6.45) is -0.581. The zero-order chi connectivity index (χ0) is 14.3. The number of hydrogen-bond donors (Lipinski definition) is 1. The van der Waals surface area contributed by atoms with Gasteiger partial charge in [0.15, 0.2) is 0 Å². The Morgan fingerprint density at radius 1 is 1.10 bits per heavy atom. The highest BCUT2D eigenvalue weighted by Gasteiger charge is 2.16.